The second kappa shape index (κ2) is 6.62. The minimum absolute atomic E-state index is 0.437. The Morgan fingerprint density at radius 3 is 2.17 bits per heavy atom. The monoisotopic (exact) mass is 240 g/mol. The molecule has 0 fully saturated rings. The summed E-state index contributed by atoms with van der Waals surface area (Å²) in [7, 11) is 0. The van der Waals surface area contributed by atoms with Crippen LogP contribution >= 0.6 is 0 Å². The lowest BCUT2D eigenvalue weighted by Gasteiger charge is -2.16. The van der Waals surface area contributed by atoms with Crippen LogP contribution in [0.1, 0.15) is 5.56 Å². The maximum Gasteiger partial charge on any atom is 0.219 e. The summed E-state index contributed by atoms with van der Waals surface area (Å²) in [5.74, 6) is 0.774. The van der Waals surface area contributed by atoms with Crippen molar-refractivity contribution in [1.29, 1.82) is 0 Å². The molecule has 0 saturated carbocycles. The number of para-hydroxylation sites is 1. The molecule has 2 nitrogen and oxygen atoms in total. The predicted molar refractivity (Wildman–Crippen MR) is 72.3 cm³/mol. The van der Waals surface area contributed by atoms with Crippen molar-refractivity contribution in [3.8, 4) is 5.75 Å². The van der Waals surface area contributed by atoms with Gasteiger partial charge in [-0.3, -0.25) is 0 Å². The van der Waals surface area contributed by atoms with Crippen LogP contribution in [0.25, 0.3) is 0 Å². The summed E-state index contributed by atoms with van der Waals surface area (Å²) in [4.78, 5) is 0. The lowest BCUT2D eigenvalue weighted by atomic mass is 10.2. The van der Waals surface area contributed by atoms with Crippen LogP contribution in [0.2, 0.25) is 0 Å². The largest absolute Gasteiger partial charge is 0.461 e. The SMILES string of the molecule is C=CC(OCc1ccccc1)Oc1ccccc1. The van der Waals surface area contributed by atoms with Crippen molar-refractivity contribution in [3.63, 3.8) is 0 Å². The highest BCUT2D eigenvalue weighted by atomic mass is 16.7. The fraction of sp³-hybridized carbons (Fsp3) is 0.125. The van der Waals surface area contributed by atoms with Crippen LogP contribution in [0.5, 0.6) is 5.75 Å². The maximum atomic E-state index is 5.65. The van der Waals surface area contributed by atoms with E-state index in [0.29, 0.717) is 6.61 Å². The molecule has 0 aromatic heterocycles. The van der Waals surface area contributed by atoms with Gasteiger partial charge in [-0.2, -0.15) is 0 Å². The lowest BCUT2D eigenvalue weighted by molar-refractivity contribution is -0.0553. The highest BCUT2D eigenvalue weighted by Crippen LogP contribution is 2.13. The molecule has 2 heteroatoms. The molecule has 0 radical (unpaired) electrons. The predicted octanol–water partition coefficient (Wildman–Crippen LogP) is 3.79. The number of hydrogen-bond acceptors (Lipinski definition) is 2. The molecule has 2 aromatic carbocycles. The van der Waals surface area contributed by atoms with Gasteiger partial charge in [0.2, 0.25) is 6.29 Å². The van der Waals surface area contributed by atoms with E-state index in [1.807, 2.05) is 60.7 Å². The normalized spacial score (nSPS) is 11.8. The van der Waals surface area contributed by atoms with Gasteiger partial charge in [0.1, 0.15) is 5.75 Å². The second-order valence-corrected chi connectivity index (χ2v) is 3.83. The zero-order chi connectivity index (χ0) is 12.6. The van der Waals surface area contributed by atoms with Crippen LogP contribution in [0.15, 0.2) is 73.3 Å². The number of ether oxygens (including phenoxy) is 2. The summed E-state index contributed by atoms with van der Waals surface area (Å²) in [6, 6.07) is 19.6. The zero-order valence-corrected chi connectivity index (χ0v) is 10.2. The van der Waals surface area contributed by atoms with Crippen molar-refractivity contribution in [2.24, 2.45) is 0 Å². The van der Waals surface area contributed by atoms with Crippen molar-refractivity contribution < 1.29 is 9.47 Å². The van der Waals surface area contributed by atoms with Crippen LogP contribution in [-0.4, -0.2) is 6.29 Å². The van der Waals surface area contributed by atoms with E-state index in [1.165, 1.54) is 0 Å². The molecule has 18 heavy (non-hydrogen) atoms. The summed E-state index contributed by atoms with van der Waals surface area (Å²) in [6.07, 6.45) is 1.21. The first-order chi connectivity index (χ1) is 8.88. The highest BCUT2D eigenvalue weighted by molar-refractivity contribution is 5.21. The third kappa shape index (κ3) is 3.75. The summed E-state index contributed by atoms with van der Waals surface area (Å²) in [5.41, 5.74) is 1.11. The molecule has 1 atom stereocenters. The van der Waals surface area contributed by atoms with Gasteiger partial charge in [0.25, 0.3) is 0 Å². The Morgan fingerprint density at radius 2 is 1.56 bits per heavy atom. The molecule has 0 bridgehead atoms. The maximum absolute atomic E-state index is 5.65. The van der Waals surface area contributed by atoms with Gasteiger partial charge < -0.3 is 9.47 Å². The van der Waals surface area contributed by atoms with Crippen molar-refractivity contribution >= 4 is 0 Å². The first kappa shape index (κ1) is 12.4. The molecule has 2 aromatic rings. The Labute approximate surface area is 107 Å². The molecule has 0 heterocycles. The highest BCUT2D eigenvalue weighted by Gasteiger charge is 2.05. The third-order valence-corrected chi connectivity index (χ3v) is 2.44. The quantitative estimate of drug-likeness (QED) is 0.565. The average Bonchev–Trinajstić information content (AvgIpc) is 2.45. The van der Waals surface area contributed by atoms with E-state index in [0.717, 1.165) is 11.3 Å². The van der Waals surface area contributed by atoms with Crippen LogP contribution in [-0.2, 0) is 11.3 Å². The Kier molecular flexibility index (Phi) is 4.56. The lowest BCUT2D eigenvalue weighted by Crippen LogP contribution is -2.17. The van der Waals surface area contributed by atoms with Crippen molar-refractivity contribution in [2.75, 3.05) is 0 Å². The molecule has 92 valence electrons. The van der Waals surface area contributed by atoms with E-state index in [4.69, 9.17) is 9.47 Å². The molecule has 1 unspecified atom stereocenters. The van der Waals surface area contributed by atoms with E-state index in [1.54, 1.807) is 6.08 Å². The van der Waals surface area contributed by atoms with Gasteiger partial charge in [0, 0.05) is 0 Å². The number of hydrogen-bond donors (Lipinski definition) is 0. The Morgan fingerprint density at radius 1 is 0.944 bits per heavy atom. The van der Waals surface area contributed by atoms with Crippen LogP contribution in [0.4, 0.5) is 0 Å². The Balaban J connectivity index is 1.88. The zero-order valence-electron chi connectivity index (χ0n) is 10.2. The minimum Gasteiger partial charge on any atom is -0.461 e. The minimum atomic E-state index is -0.437. The molecule has 0 amide bonds. The van der Waals surface area contributed by atoms with E-state index >= 15 is 0 Å². The smallest absolute Gasteiger partial charge is 0.219 e. The first-order valence-electron chi connectivity index (χ1n) is 5.88. The van der Waals surface area contributed by atoms with E-state index in [-0.39, 0.29) is 0 Å². The van der Waals surface area contributed by atoms with E-state index in [9.17, 15) is 0 Å². The van der Waals surface area contributed by atoms with Crippen molar-refractivity contribution in [1.82, 2.24) is 0 Å². The van der Waals surface area contributed by atoms with Crippen molar-refractivity contribution in [3.05, 3.63) is 78.9 Å². The molecular weight excluding hydrogens is 224 g/mol. The summed E-state index contributed by atoms with van der Waals surface area (Å²) >= 11 is 0. The standard InChI is InChI=1S/C16H16O2/c1-2-16(18-15-11-7-4-8-12-15)17-13-14-9-5-3-6-10-14/h2-12,16H,1,13H2. The number of benzene rings is 2. The molecule has 0 saturated heterocycles. The van der Waals surface area contributed by atoms with Crippen LogP contribution in [0, 0.1) is 0 Å². The molecule has 2 rings (SSSR count). The summed E-state index contributed by atoms with van der Waals surface area (Å²) in [6.45, 7) is 4.22. The van der Waals surface area contributed by atoms with Gasteiger partial charge in [-0.1, -0.05) is 55.1 Å². The topological polar surface area (TPSA) is 18.5 Å². The third-order valence-electron chi connectivity index (χ3n) is 2.44. The summed E-state index contributed by atoms with van der Waals surface area (Å²) in [5, 5.41) is 0. The number of rotatable bonds is 6. The fourth-order valence-electron chi connectivity index (χ4n) is 1.54. The molecule has 0 spiro atoms. The molecular formula is C16H16O2. The summed E-state index contributed by atoms with van der Waals surface area (Å²) < 4.78 is 11.3. The van der Waals surface area contributed by atoms with Gasteiger partial charge in [-0.05, 0) is 23.8 Å². The van der Waals surface area contributed by atoms with Gasteiger partial charge >= 0.3 is 0 Å². The van der Waals surface area contributed by atoms with E-state index < -0.39 is 6.29 Å². The average molecular weight is 240 g/mol. The van der Waals surface area contributed by atoms with Crippen LogP contribution in [0.3, 0.4) is 0 Å². The van der Waals surface area contributed by atoms with Gasteiger partial charge in [0.05, 0.1) is 6.61 Å². The van der Waals surface area contributed by atoms with Crippen molar-refractivity contribution in [2.45, 2.75) is 12.9 Å². The van der Waals surface area contributed by atoms with E-state index in [2.05, 4.69) is 6.58 Å². The van der Waals surface area contributed by atoms with Gasteiger partial charge in [0.15, 0.2) is 0 Å². The molecule has 0 N–H and O–H groups in total. The van der Waals surface area contributed by atoms with Crippen LogP contribution < -0.4 is 4.74 Å². The molecule has 0 aliphatic carbocycles. The first-order valence-corrected chi connectivity index (χ1v) is 5.88. The fourth-order valence-corrected chi connectivity index (χ4v) is 1.54. The Bertz CT molecular complexity index is 465. The van der Waals surface area contributed by atoms with Gasteiger partial charge in [-0.15, -0.1) is 0 Å². The molecule has 0 aliphatic heterocycles. The molecule has 0 aliphatic rings. The second-order valence-electron chi connectivity index (χ2n) is 3.83. The van der Waals surface area contributed by atoms with Gasteiger partial charge in [-0.25, -0.2) is 0 Å². The Hall–Kier alpha value is -2.06.